The van der Waals surface area contributed by atoms with Crippen molar-refractivity contribution >= 4 is 5.97 Å². The lowest BCUT2D eigenvalue weighted by Crippen LogP contribution is -2.66. The number of aliphatic hydroxyl groups excluding tert-OH is 1. The van der Waals surface area contributed by atoms with Gasteiger partial charge in [0, 0.05) is 5.92 Å². The number of rotatable bonds is 2. The topological polar surface area (TPSA) is 77.8 Å². The van der Waals surface area contributed by atoms with Crippen molar-refractivity contribution in [1.29, 1.82) is 0 Å². The van der Waals surface area contributed by atoms with Gasteiger partial charge in [0.25, 0.3) is 0 Å². The number of carboxylic acids is 1. The van der Waals surface area contributed by atoms with Crippen molar-refractivity contribution in [2.24, 2.45) is 57.7 Å². The van der Waals surface area contributed by atoms with Crippen molar-refractivity contribution in [3.05, 3.63) is 0 Å². The van der Waals surface area contributed by atoms with Crippen LogP contribution in [0.1, 0.15) is 79.6 Å². The number of hydrogen-bond donors (Lipinski definition) is 3. The largest absolute Gasteiger partial charge is 0.481 e. The lowest BCUT2D eigenvalue weighted by molar-refractivity contribution is -0.232. The Labute approximate surface area is 175 Å². The second-order valence-corrected chi connectivity index (χ2v) is 12.4. The summed E-state index contributed by atoms with van der Waals surface area (Å²) in [6.07, 6.45) is 5.84. The van der Waals surface area contributed by atoms with E-state index in [1.54, 1.807) is 0 Å². The van der Waals surface area contributed by atoms with Crippen LogP contribution in [0.2, 0.25) is 0 Å². The Morgan fingerprint density at radius 1 is 1.07 bits per heavy atom. The maximum atomic E-state index is 13.0. The van der Waals surface area contributed by atoms with Crippen LogP contribution < -0.4 is 0 Å². The molecule has 0 aromatic rings. The normalized spacial score (nSPS) is 60.8. The smallest absolute Gasteiger partial charge is 0.313 e. The van der Waals surface area contributed by atoms with Crippen LogP contribution in [0.15, 0.2) is 0 Å². The fraction of sp³-hybridized carbons (Fsp3) is 0.960. The molecule has 5 aliphatic rings. The predicted octanol–water partition coefficient (Wildman–Crippen LogP) is 4.33. The van der Waals surface area contributed by atoms with Crippen molar-refractivity contribution in [2.45, 2.75) is 91.3 Å². The highest BCUT2D eigenvalue weighted by Gasteiger charge is 2.92. The molecule has 5 fully saturated rings. The lowest BCUT2D eigenvalue weighted by Gasteiger charge is -2.58. The molecule has 0 aromatic heterocycles. The average Bonchev–Trinajstić information content (AvgIpc) is 2.96. The summed E-state index contributed by atoms with van der Waals surface area (Å²) < 4.78 is 0. The zero-order valence-electron chi connectivity index (χ0n) is 18.8. The Balaban J connectivity index is 1.69. The van der Waals surface area contributed by atoms with Crippen LogP contribution in [-0.2, 0) is 4.79 Å². The number of carbonyl (C=O) groups is 1. The second kappa shape index (κ2) is 5.79. The third kappa shape index (κ3) is 1.94. The van der Waals surface area contributed by atoms with Crippen molar-refractivity contribution in [1.82, 2.24) is 0 Å². The molecule has 11 atom stereocenters. The first kappa shape index (κ1) is 20.3. The van der Waals surface area contributed by atoms with Gasteiger partial charge in [-0.05, 0) is 91.3 Å². The van der Waals surface area contributed by atoms with E-state index in [0.29, 0.717) is 24.2 Å². The summed E-state index contributed by atoms with van der Waals surface area (Å²) in [5, 5.41) is 35.1. The summed E-state index contributed by atoms with van der Waals surface area (Å²) in [5.41, 5.74) is -2.82. The van der Waals surface area contributed by atoms with Crippen molar-refractivity contribution in [3.63, 3.8) is 0 Å². The summed E-state index contributed by atoms with van der Waals surface area (Å²) in [4.78, 5) is 13.0. The third-order valence-electron chi connectivity index (χ3n) is 11.5. The van der Waals surface area contributed by atoms with Gasteiger partial charge in [-0.1, -0.05) is 34.6 Å². The van der Waals surface area contributed by atoms with E-state index in [1.165, 1.54) is 0 Å². The molecule has 5 aliphatic carbocycles. The first-order valence-electron chi connectivity index (χ1n) is 12.1. The van der Waals surface area contributed by atoms with E-state index in [2.05, 4.69) is 34.6 Å². The summed E-state index contributed by atoms with van der Waals surface area (Å²) in [6.45, 7) is 11.1. The zero-order valence-corrected chi connectivity index (χ0v) is 18.8. The molecule has 5 rings (SSSR count). The molecule has 4 heteroatoms. The highest BCUT2D eigenvalue weighted by Crippen LogP contribution is 2.88. The lowest BCUT2D eigenvalue weighted by atomic mass is 9.49. The maximum absolute atomic E-state index is 13.0. The SMILES string of the molecule is CC(C)[C@H]1CC[C@]2(C)[C@H](O)[C@@H]3[C@@H](C)CC[C@@]45[C@@H](CC[C@@H]4C)[C@]5(C(=O)O)[C@@]3(O)C[C@@H]12. The van der Waals surface area contributed by atoms with Crippen LogP contribution >= 0.6 is 0 Å². The Kier molecular flexibility index (Phi) is 4.05. The van der Waals surface area contributed by atoms with Gasteiger partial charge < -0.3 is 15.3 Å². The minimum absolute atomic E-state index is 0.0814. The highest BCUT2D eigenvalue weighted by molar-refractivity contribution is 5.84. The minimum Gasteiger partial charge on any atom is -0.481 e. The predicted molar refractivity (Wildman–Crippen MR) is 111 cm³/mol. The van der Waals surface area contributed by atoms with Gasteiger partial charge in [0.05, 0.1) is 11.7 Å². The molecule has 164 valence electrons. The van der Waals surface area contributed by atoms with E-state index in [1.807, 2.05) is 0 Å². The number of carboxylic acid groups (broad SMARTS) is 1. The van der Waals surface area contributed by atoms with Crippen LogP contribution in [-0.4, -0.2) is 33.0 Å². The van der Waals surface area contributed by atoms with Gasteiger partial charge in [0.2, 0.25) is 0 Å². The Morgan fingerprint density at radius 2 is 1.76 bits per heavy atom. The zero-order chi connectivity index (χ0) is 21.1. The summed E-state index contributed by atoms with van der Waals surface area (Å²) in [6, 6.07) is 0. The standard InChI is InChI=1S/C25H40O4/c1-13(2)16-9-10-22(5)17(16)12-24(29)19(20(22)26)14(3)8-11-23-15(4)6-7-18(23)25(23,24)21(27)28/h13-20,26,29H,6-12H2,1-5H3,(H,27,28)/t14-,15-,16+,17-,18+,19-,20+,22-,23-,24+,25+/m0/s1. The van der Waals surface area contributed by atoms with E-state index >= 15 is 0 Å². The molecule has 0 aliphatic heterocycles. The Morgan fingerprint density at radius 3 is 2.38 bits per heavy atom. The van der Waals surface area contributed by atoms with Crippen LogP contribution in [0.5, 0.6) is 0 Å². The van der Waals surface area contributed by atoms with Gasteiger partial charge in [-0.3, -0.25) is 4.79 Å². The van der Waals surface area contributed by atoms with Crippen LogP contribution in [0.4, 0.5) is 0 Å². The molecule has 0 unspecified atom stereocenters. The quantitative estimate of drug-likeness (QED) is 0.640. The fourth-order valence-electron chi connectivity index (χ4n) is 10.3. The second-order valence-electron chi connectivity index (χ2n) is 12.4. The molecular weight excluding hydrogens is 364 g/mol. The summed E-state index contributed by atoms with van der Waals surface area (Å²) in [5.74, 6) is 0.604. The molecule has 3 N–H and O–H groups in total. The molecule has 1 spiro atoms. The molecule has 29 heavy (non-hydrogen) atoms. The summed E-state index contributed by atoms with van der Waals surface area (Å²) in [7, 11) is 0. The van der Waals surface area contributed by atoms with Gasteiger partial charge >= 0.3 is 5.97 Å². The molecule has 0 amide bonds. The highest BCUT2D eigenvalue weighted by atomic mass is 16.4. The molecule has 0 bridgehead atoms. The molecule has 0 aromatic carbocycles. The first-order chi connectivity index (χ1) is 13.5. The number of fused-ring (bicyclic) bond motifs is 4. The van der Waals surface area contributed by atoms with Gasteiger partial charge in [0.1, 0.15) is 5.41 Å². The molecular formula is C25H40O4. The molecule has 0 saturated heterocycles. The first-order valence-corrected chi connectivity index (χ1v) is 12.1. The monoisotopic (exact) mass is 404 g/mol. The van der Waals surface area contributed by atoms with Crippen LogP contribution in [0.3, 0.4) is 0 Å². The summed E-state index contributed by atoms with van der Waals surface area (Å²) >= 11 is 0. The number of aliphatic carboxylic acids is 1. The molecule has 5 saturated carbocycles. The van der Waals surface area contributed by atoms with E-state index in [9.17, 15) is 20.1 Å². The van der Waals surface area contributed by atoms with Crippen molar-refractivity contribution in [2.75, 3.05) is 0 Å². The Bertz CT molecular complexity index is 734. The van der Waals surface area contributed by atoms with Gasteiger partial charge in [-0.25, -0.2) is 0 Å². The van der Waals surface area contributed by atoms with Crippen LogP contribution in [0.25, 0.3) is 0 Å². The Hall–Kier alpha value is -0.610. The number of hydrogen-bond acceptors (Lipinski definition) is 3. The van der Waals surface area contributed by atoms with Crippen LogP contribution in [0, 0.1) is 57.7 Å². The van der Waals surface area contributed by atoms with Gasteiger partial charge in [-0.15, -0.1) is 0 Å². The van der Waals surface area contributed by atoms with E-state index < -0.39 is 23.1 Å². The minimum atomic E-state index is -1.30. The van der Waals surface area contributed by atoms with E-state index in [4.69, 9.17) is 0 Å². The van der Waals surface area contributed by atoms with Gasteiger partial charge in [0.15, 0.2) is 0 Å². The van der Waals surface area contributed by atoms with E-state index in [-0.39, 0.29) is 34.5 Å². The van der Waals surface area contributed by atoms with Gasteiger partial charge in [-0.2, -0.15) is 0 Å². The third-order valence-corrected chi connectivity index (χ3v) is 11.5. The molecule has 4 nitrogen and oxygen atoms in total. The van der Waals surface area contributed by atoms with Crippen molar-refractivity contribution < 1.29 is 20.1 Å². The molecule has 0 radical (unpaired) electrons. The molecule has 0 heterocycles. The fourth-order valence-corrected chi connectivity index (χ4v) is 10.3. The van der Waals surface area contributed by atoms with Crippen molar-refractivity contribution in [3.8, 4) is 0 Å². The number of aliphatic hydroxyl groups is 2. The average molecular weight is 405 g/mol. The van der Waals surface area contributed by atoms with E-state index in [0.717, 1.165) is 38.5 Å². The maximum Gasteiger partial charge on any atom is 0.313 e.